The smallest absolute Gasteiger partial charge is 0.276 e. The molecule has 1 saturated heterocycles. The van der Waals surface area contributed by atoms with Gasteiger partial charge in [0.15, 0.2) is 5.11 Å². The Hall–Kier alpha value is -2.53. The number of rotatable bonds is 3. The van der Waals surface area contributed by atoms with Crippen LogP contribution in [0.4, 0.5) is 4.39 Å². The van der Waals surface area contributed by atoms with Crippen LogP contribution in [0.2, 0.25) is 0 Å². The summed E-state index contributed by atoms with van der Waals surface area (Å²) in [7, 11) is 0. The van der Waals surface area contributed by atoms with E-state index < -0.39 is 0 Å². The van der Waals surface area contributed by atoms with E-state index in [0.717, 1.165) is 42.4 Å². The molecule has 2 aromatic carbocycles. The number of benzene rings is 2. The van der Waals surface area contributed by atoms with Gasteiger partial charge in [-0.2, -0.15) is 0 Å². The van der Waals surface area contributed by atoms with Gasteiger partial charge in [0.05, 0.1) is 0 Å². The van der Waals surface area contributed by atoms with Crippen molar-refractivity contribution >= 4 is 29.3 Å². The summed E-state index contributed by atoms with van der Waals surface area (Å²) in [5.41, 5.74) is 3.40. The lowest BCUT2D eigenvalue weighted by Gasteiger charge is -2.21. The van der Waals surface area contributed by atoms with Gasteiger partial charge in [0.25, 0.3) is 5.91 Å². The van der Waals surface area contributed by atoms with Gasteiger partial charge in [-0.3, -0.25) is 9.69 Å². The van der Waals surface area contributed by atoms with Crippen LogP contribution in [0.25, 0.3) is 17.2 Å². The second-order valence-electron chi connectivity index (χ2n) is 6.73. The second-order valence-corrected chi connectivity index (χ2v) is 7.12. The highest BCUT2D eigenvalue weighted by molar-refractivity contribution is 7.80. The standard InChI is InChI=1S/C21H19FN2OS/c22-17-11-9-16(10-12-17)15-7-5-14(6-8-15)13-19-20(25)24(21(26)23-19)18-3-1-2-4-18/h5-13,18H,1-4H2,(H,23,26)/b19-13-. The SMILES string of the molecule is O=C1/C(=C/c2ccc(-c3ccc(F)cc3)cc2)NC(=S)N1C1CCCC1. The van der Waals surface area contributed by atoms with Crippen molar-refractivity contribution in [3.8, 4) is 11.1 Å². The highest BCUT2D eigenvalue weighted by atomic mass is 32.1. The molecular formula is C21H19FN2OS. The summed E-state index contributed by atoms with van der Waals surface area (Å²) in [5, 5.41) is 3.57. The molecule has 1 amide bonds. The zero-order valence-electron chi connectivity index (χ0n) is 14.2. The van der Waals surface area contributed by atoms with Crippen molar-refractivity contribution in [3.05, 3.63) is 65.6 Å². The van der Waals surface area contributed by atoms with E-state index in [9.17, 15) is 9.18 Å². The molecule has 2 fully saturated rings. The van der Waals surface area contributed by atoms with Crippen LogP contribution in [0, 0.1) is 5.82 Å². The van der Waals surface area contributed by atoms with E-state index in [0.29, 0.717) is 10.8 Å². The van der Waals surface area contributed by atoms with Crippen LogP contribution in [-0.2, 0) is 4.79 Å². The summed E-state index contributed by atoms with van der Waals surface area (Å²) < 4.78 is 13.0. The monoisotopic (exact) mass is 366 g/mol. The van der Waals surface area contributed by atoms with Gasteiger partial charge in [-0.1, -0.05) is 49.2 Å². The van der Waals surface area contributed by atoms with E-state index >= 15 is 0 Å². The van der Waals surface area contributed by atoms with Crippen LogP contribution < -0.4 is 5.32 Å². The van der Waals surface area contributed by atoms with Crippen molar-refractivity contribution in [2.45, 2.75) is 31.7 Å². The first-order valence-electron chi connectivity index (χ1n) is 8.84. The van der Waals surface area contributed by atoms with Crippen LogP contribution in [-0.4, -0.2) is 22.0 Å². The van der Waals surface area contributed by atoms with Crippen molar-refractivity contribution in [2.75, 3.05) is 0 Å². The molecule has 4 rings (SSSR count). The first-order valence-corrected chi connectivity index (χ1v) is 9.25. The van der Waals surface area contributed by atoms with E-state index in [-0.39, 0.29) is 17.8 Å². The lowest BCUT2D eigenvalue weighted by molar-refractivity contribution is -0.123. The molecule has 1 aliphatic heterocycles. The maximum atomic E-state index is 13.0. The molecular weight excluding hydrogens is 347 g/mol. The van der Waals surface area contributed by atoms with Crippen molar-refractivity contribution in [1.29, 1.82) is 0 Å². The van der Waals surface area contributed by atoms with Crippen molar-refractivity contribution < 1.29 is 9.18 Å². The molecule has 0 bridgehead atoms. The summed E-state index contributed by atoms with van der Waals surface area (Å²) >= 11 is 5.37. The summed E-state index contributed by atoms with van der Waals surface area (Å²) in [6.07, 6.45) is 6.18. The average Bonchev–Trinajstić information content (AvgIpc) is 3.25. The van der Waals surface area contributed by atoms with E-state index in [1.165, 1.54) is 12.1 Å². The lowest BCUT2D eigenvalue weighted by Crippen LogP contribution is -2.38. The number of carbonyl (C=O) groups is 1. The zero-order valence-corrected chi connectivity index (χ0v) is 15.1. The molecule has 2 aliphatic rings. The Bertz CT molecular complexity index is 868. The van der Waals surface area contributed by atoms with Crippen molar-refractivity contribution in [3.63, 3.8) is 0 Å². The predicted octanol–water partition coefficient (Wildman–Crippen LogP) is 4.49. The van der Waals surface area contributed by atoms with Crippen LogP contribution in [0.5, 0.6) is 0 Å². The van der Waals surface area contributed by atoms with E-state index in [4.69, 9.17) is 12.2 Å². The minimum absolute atomic E-state index is 0.0375. The number of nitrogens with zero attached hydrogens (tertiary/aromatic N) is 1. The molecule has 3 nitrogen and oxygen atoms in total. The summed E-state index contributed by atoms with van der Waals surface area (Å²) in [5.74, 6) is -0.284. The van der Waals surface area contributed by atoms with E-state index in [1.54, 1.807) is 17.0 Å². The molecule has 0 radical (unpaired) electrons. The van der Waals surface area contributed by atoms with Crippen molar-refractivity contribution in [1.82, 2.24) is 10.2 Å². The first kappa shape index (κ1) is 16.9. The third-order valence-corrected chi connectivity index (χ3v) is 5.30. The molecule has 0 aromatic heterocycles. The quantitative estimate of drug-likeness (QED) is 0.642. The molecule has 1 heterocycles. The predicted molar refractivity (Wildman–Crippen MR) is 105 cm³/mol. The molecule has 0 atom stereocenters. The average molecular weight is 366 g/mol. The first-order chi connectivity index (χ1) is 12.6. The molecule has 0 spiro atoms. The topological polar surface area (TPSA) is 32.3 Å². The number of hydrogen-bond donors (Lipinski definition) is 1. The maximum absolute atomic E-state index is 13.0. The number of halogens is 1. The highest BCUT2D eigenvalue weighted by Crippen LogP contribution is 2.28. The Balaban J connectivity index is 1.54. The minimum atomic E-state index is -0.247. The number of thiocarbonyl (C=S) groups is 1. The fourth-order valence-electron chi connectivity index (χ4n) is 3.62. The molecule has 5 heteroatoms. The Morgan fingerprint density at radius 2 is 1.58 bits per heavy atom. The Labute approximate surface area is 157 Å². The molecule has 1 aliphatic carbocycles. The van der Waals surface area contributed by atoms with Crippen molar-refractivity contribution in [2.24, 2.45) is 0 Å². The normalized spacial score (nSPS) is 19.4. The number of nitrogens with one attached hydrogen (secondary N) is 1. The van der Waals surface area contributed by atoms with Gasteiger partial charge in [0, 0.05) is 6.04 Å². The summed E-state index contributed by atoms with van der Waals surface area (Å²) in [6, 6.07) is 14.5. The van der Waals surface area contributed by atoms with E-state index in [2.05, 4.69) is 5.32 Å². The number of amides is 1. The molecule has 2 aromatic rings. The van der Waals surface area contributed by atoms with Gasteiger partial charge in [-0.15, -0.1) is 0 Å². The lowest BCUT2D eigenvalue weighted by atomic mass is 10.0. The molecule has 132 valence electrons. The van der Waals surface area contributed by atoms with Gasteiger partial charge in [-0.25, -0.2) is 4.39 Å². The van der Waals surface area contributed by atoms with Gasteiger partial charge in [0.2, 0.25) is 0 Å². The molecule has 1 N–H and O–H groups in total. The summed E-state index contributed by atoms with van der Waals surface area (Å²) in [6.45, 7) is 0. The molecule has 26 heavy (non-hydrogen) atoms. The van der Waals surface area contributed by atoms with Crippen LogP contribution in [0.1, 0.15) is 31.2 Å². The zero-order chi connectivity index (χ0) is 18.1. The van der Waals surface area contributed by atoms with Gasteiger partial charge in [-0.05, 0) is 60.0 Å². The Morgan fingerprint density at radius 1 is 1.00 bits per heavy atom. The Kier molecular flexibility index (Phi) is 4.55. The number of hydrogen-bond acceptors (Lipinski definition) is 2. The summed E-state index contributed by atoms with van der Waals surface area (Å²) in [4.78, 5) is 14.4. The van der Waals surface area contributed by atoms with Crippen LogP contribution >= 0.6 is 12.2 Å². The van der Waals surface area contributed by atoms with Gasteiger partial charge >= 0.3 is 0 Å². The highest BCUT2D eigenvalue weighted by Gasteiger charge is 2.37. The van der Waals surface area contributed by atoms with E-state index in [1.807, 2.05) is 30.3 Å². The molecule has 1 saturated carbocycles. The van der Waals surface area contributed by atoms with Crippen LogP contribution in [0.3, 0.4) is 0 Å². The third-order valence-electron chi connectivity index (χ3n) is 5.00. The van der Waals surface area contributed by atoms with Gasteiger partial charge < -0.3 is 5.32 Å². The maximum Gasteiger partial charge on any atom is 0.276 e. The third kappa shape index (κ3) is 3.27. The van der Waals surface area contributed by atoms with Gasteiger partial charge in [0.1, 0.15) is 11.5 Å². The van der Waals surface area contributed by atoms with Crippen LogP contribution in [0.15, 0.2) is 54.2 Å². The number of carbonyl (C=O) groups excluding carboxylic acids is 1. The fraction of sp³-hybridized carbons (Fsp3) is 0.238. The largest absolute Gasteiger partial charge is 0.328 e. The second kappa shape index (κ2) is 7.00. The molecule has 0 unspecified atom stereocenters. The minimum Gasteiger partial charge on any atom is -0.328 e. The Morgan fingerprint density at radius 3 is 2.19 bits per heavy atom. The fourth-order valence-corrected chi connectivity index (χ4v) is 3.97.